The first-order valence-corrected chi connectivity index (χ1v) is 13.6. The van der Waals surface area contributed by atoms with Gasteiger partial charge < -0.3 is 14.2 Å². The van der Waals surface area contributed by atoms with Gasteiger partial charge in [0.25, 0.3) is 0 Å². The molecule has 0 spiro atoms. The molecule has 2 atom stereocenters. The summed E-state index contributed by atoms with van der Waals surface area (Å²) in [6, 6.07) is 17.2. The molecule has 1 unspecified atom stereocenters. The molecule has 3 nitrogen and oxygen atoms in total. The fourth-order valence-corrected chi connectivity index (χ4v) is 6.71. The predicted molar refractivity (Wildman–Crippen MR) is 145 cm³/mol. The monoisotopic (exact) mass is 476 g/mol. The fraction of sp³-hybridized carbons (Fsp3) is 0.400. The highest BCUT2D eigenvalue weighted by molar-refractivity contribution is 7.48. The molecule has 3 aromatic carbocycles. The molecule has 0 N–H and O–H groups in total. The Hall–Kier alpha value is -2.51. The highest BCUT2D eigenvalue weighted by Gasteiger charge is 2.31. The first-order valence-electron chi connectivity index (χ1n) is 12.6. The van der Waals surface area contributed by atoms with Crippen molar-refractivity contribution < 1.29 is 14.2 Å². The fourth-order valence-electron chi connectivity index (χ4n) is 5.09. The van der Waals surface area contributed by atoms with E-state index >= 15 is 0 Å². The topological polar surface area (TPSA) is 27.7 Å². The summed E-state index contributed by atoms with van der Waals surface area (Å²) < 4.78 is 18.2. The molecule has 1 aliphatic heterocycles. The van der Waals surface area contributed by atoms with Gasteiger partial charge in [-0.05, 0) is 62.7 Å². The van der Waals surface area contributed by atoms with Crippen molar-refractivity contribution in [1.29, 1.82) is 0 Å². The quantitative estimate of drug-likeness (QED) is 0.282. The van der Waals surface area contributed by atoms with Crippen molar-refractivity contribution in [1.82, 2.24) is 0 Å². The van der Waals surface area contributed by atoms with Crippen LogP contribution in [0.15, 0.2) is 48.5 Å². The molecule has 0 fully saturated rings. The summed E-state index contributed by atoms with van der Waals surface area (Å²) in [5, 5.41) is 1.26. The van der Waals surface area contributed by atoms with Gasteiger partial charge in [0.15, 0.2) is 0 Å². The van der Waals surface area contributed by atoms with Crippen LogP contribution in [0, 0.1) is 0 Å². The number of ether oxygens (including phenoxy) is 3. The zero-order chi connectivity index (χ0) is 24.1. The minimum atomic E-state index is 0.0654. The van der Waals surface area contributed by atoms with E-state index in [1.807, 2.05) is 18.2 Å². The third kappa shape index (κ3) is 4.82. The van der Waals surface area contributed by atoms with Crippen molar-refractivity contribution in [2.45, 2.75) is 65.1 Å². The van der Waals surface area contributed by atoms with E-state index in [9.17, 15) is 0 Å². The van der Waals surface area contributed by atoms with Crippen molar-refractivity contribution in [3.63, 3.8) is 0 Å². The lowest BCUT2D eigenvalue weighted by Crippen LogP contribution is -2.08. The molecule has 0 aliphatic carbocycles. The third-order valence-corrected chi connectivity index (χ3v) is 7.97. The summed E-state index contributed by atoms with van der Waals surface area (Å²) >= 11 is 0. The Morgan fingerprint density at radius 1 is 0.794 bits per heavy atom. The molecule has 34 heavy (non-hydrogen) atoms. The summed E-state index contributed by atoms with van der Waals surface area (Å²) in [6.07, 6.45) is 6.78. The molecular weight excluding hydrogens is 439 g/mol. The molecule has 0 amide bonds. The van der Waals surface area contributed by atoms with Crippen LogP contribution in [-0.2, 0) is 19.3 Å². The second-order valence-corrected chi connectivity index (χ2v) is 10.2. The minimum absolute atomic E-state index is 0.0654. The average molecular weight is 477 g/mol. The van der Waals surface area contributed by atoms with E-state index in [-0.39, 0.29) is 5.85 Å². The number of aryl methyl sites for hydroxylation is 3. The maximum absolute atomic E-state index is 6.71. The van der Waals surface area contributed by atoms with Crippen molar-refractivity contribution in [3.8, 4) is 28.4 Å². The summed E-state index contributed by atoms with van der Waals surface area (Å²) in [5.41, 5.74) is 7.98. The Morgan fingerprint density at radius 3 is 1.94 bits per heavy atom. The van der Waals surface area contributed by atoms with Gasteiger partial charge >= 0.3 is 0 Å². The molecule has 0 bridgehead atoms. The predicted octanol–water partition coefficient (Wildman–Crippen LogP) is 7.62. The number of fused-ring (bicyclic) bond motifs is 1. The lowest BCUT2D eigenvalue weighted by atomic mass is 9.91. The summed E-state index contributed by atoms with van der Waals surface area (Å²) in [6.45, 7) is 6.81. The van der Waals surface area contributed by atoms with E-state index in [2.05, 4.69) is 51.1 Å². The second-order valence-electron chi connectivity index (χ2n) is 8.94. The van der Waals surface area contributed by atoms with Gasteiger partial charge in [0.05, 0.1) is 19.8 Å². The number of benzene rings is 3. The molecule has 1 heterocycles. The van der Waals surface area contributed by atoms with Crippen molar-refractivity contribution in [3.05, 3.63) is 70.8 Å². The Kier molecular flexibility index (Phi) is 8.16. The lowest BCUT2D eigenvalue weighted by Gasteiger charge is -2.22. The maximum Gasteiger partial charge on any atom is 0.144 e. The van der Waals surface area contributed by atoms with Crippen LogP contribution >= 0.6 is 8.58 Å². The van der Waals surface area contributed by atoms with Crippen LogP contribution < -0.4 is 19.5 Å². The molecule has 1 aliphatic rings. The summed E-state index contributed by atoms with van der Waals surface area (Å²) in [5.74, 6) is 2.69. The number of hydrogen-bond acceptors (Lipinski definition) is 3. The van der Waals surface area contributed by atoms with Gasteiger partial charge in [-0.1, -0.05) is 70.4 Å². The zero-order valence-electron chi connectivity index (χ0n) is 21.2. The standard InChI is InChI=1S/C30H37O3P/c1-6-11-20-18-21(12-7-2)27(22(19-20)13-8-3)30-33-26-17-9-14-23(29(26)34-30)28-24(31-4)15-10-16-25(28)32-5/h9-10,14-19,30,34H,6-8,11-13H2,1-5H3/t30-/m0/s1. The second kappa shape index (κ2) is 11.3. The van der Waals surface area contributed by atoms with Gasteiger partial charge in [-0.15, -0.1) is 0 Å². The van der Waals surface area contributed by atoms with Gasteiger partial charge in [0.1, 0.15) is 23.1 Å². The Morgan fingerprint density at radius 2 is 1.38 bits per heavy atom. The molecule has 0 saturated heterocycles. The van der Waals surface area contributed by atoms with Crippen LogP contribution in [0.3, 0.4) is 0 Å². The zero-order valence-corrected chi connectivity index (χ0v) is 22.2. The van der Waals surface area contributed by atoms with Gasteiger partial charge in [-0.3, -0.25) is 0 Å². The van der Waals surface area contributed by atoms with E-state index in [1.165, 1.54) is 34.0 Å². The number of hydrogen-bond donors (Lipinski definition) is 0. The van der Waals surface area contributed by atoms with Crippen LogP contribution in [0.5, 0.6) is 17.2 Å². The largest absolute Gasteiger partial charge is 0.496 e. The average Bonchev–Trinajstić information content (AvgIpc) is 3.28. The van der Waals surface area contributed by atoms with Gasteiger partial charge in [-0.25, -0.2) is 0 Å². The van der Waals surface area contributed by atoms with Gasteiger partial charge in [-0.2, -0.15) is 0 Å². The van der Waals surface area contributed by atoms with E-state index in [0.29, 0.717) is 8.58 Å². The summed E-state index contributed by atoms with van der Waals surface area (Å²) in [4.78, 5) is 0. The van der Waals surface area contributed by atoms with Crippen molar-refractivity contribution >= 4 is 13.9 Å². The number of rotatable bonds is 10. The van der Waals surface area contributed by atoms with Crippen LogP contribution in [0.4, 0.5) is 0 Å². The normalized spacial score (nSPS) is 15.3. The molecule has 0 saturated carbocycles. The van der Waals surface area contributed by atoms with E-state index < -0.39 is 0 Å². The SMILES string of the molecule is CCCc1cc(CCC)c([C@H]2Oc3cccc(-c4c(OC)cccc4OC)c3P2)c(CCC)c1. The first-order chi connectivity index (χ1) is 16.6. The van der Waals surface area contributed by atoms with E-state index in [0.717, 1.165) is 60.5 Å². The number of methoxy groups -OCH3 is 2. The maximum atomic E-state index is 6.71. The van der Waals surface area contributed by atoms with Crippen LogP contribution in [0.1, 0.15) is 68.1 Å². The first kappa shape index (κ1) is 24.6. The minimum Gasteiger partial charge on any atom is -0.496 e. The molecule has 180 valence electrons. The van der Waals surface area contributed by atoms with Crippen molar-refractivity contribution in [2.24, 2.45) is 0 Å². The molecule has 0 radical (unpaired) electrons. The van der Waals surface area contributed by atoms with Crippen LogP contribution in [0.25, 0.3) is 11.1 Å². The van der Waals surface area contributed by atoms with E-state index in [1.54, 1.807) is 14.2 Å². The molecular formula is C30H37O3P. The molecule has 4 rings (SSSR count). The smallest absolute Gasteiger partial charge is 0.144 e. The summed E-state index contributed by atoms with van der Waals surface area (Å²) in [7, 11) is 3.97. The third-order valence-electron chi connectivity index (χ3n) is 6.49. The van der Waals surface area contributed by atoms with Crippen LogP contribution in [0.2, 0.25) is 0 Å². The Labute approximate surface area is 206 Å². The Balaban J connectivity index is 1.80. The molecule has 4 heteroatoms. The molecule has 3 aromatic rings. The highest BCUT2D eigenvalue weighted by atomic mass is 31.1. The van der Waals surface area contributed by atoms with Gasteiger partial charge in [0, 0.05) is 16.4 Å². The van der Waals surface area contributed by atoms with E-state index in [4.69, 9.17) is 14.2 Å². The van der Waals surface area contributed by atoms with Gasteiger partial charge in [0.2, 0.25) is 0 Å². The van der Waals surface area contributed by atoms with Crippen molar-refractivity contribution in [2.75, 3.05) is 14.2 Å². The molecule has 0 aromatic heterocycles. The Bertz CT molecular complexity index is 1090. The van der Waals surface area contributed by atoms with Crippen LogP contribution in [-0.4, -0.2) is 14.2 Å². The highest BCUT2D eigenvalue weighted by Crippen LogP contribution is 2.51. The lowest BCUT2D eigenvalue weighted by molar-refractivity contribution is 0.301.